The maximum atomic E-state index is 10.1. The average Bonchev–Trinajstić information content (AvgIpc) is 3.14. The van der Waals surface area contributed by atoms with E-state index >= 15 is 0 Å². The van der Waals surface area contributed by atoms with E-state index in [1.54, 1.807) is 13.4 Å². The number of hydrogen-bond donors (Lipinski definition) is 1. The van der Waals surface area contributed by atoms with Gasteiger partial charge in [-0.25, -0.2) is 4.85 Å². The van der Waals surface area contributed by atoms with Crippen LogP contribution in [-0.2, 0) is 10.3 Å². The van der Waals surface area contributed by atoms with Crippen LogP contribution in [0.3, 0.4) is 0 Å². The van der Waals surface area contributed by atoms with Crippen molar-refractivity contribution in [1.82, 2.24) is 5.06 Å². The molecule has 3 aliphatic heterocycles. The third kappa shape index (κ3) is 1.80. The molecule has 5 rings (SSSR count). The van der Waals surface area contributed by atoms with Crippen LogP contribution in [0.25, 0.3) is 4.85 Å². The summed E-state index contributed by atoms with van der Waals surface area (Å²) >= 11 is 0. The Labute approximate surface area is 145 Å². The van der Waals surface area contributed by atoms with Crippen LogP contribution in [0.15, 0.2) is 36.2 Å². The second-order valence-corrected chi connectivity index (χ2v) is 6.92. The molecule has 1 aromatic carbocycles. The number of aliphatic hydroxyl groups is 1. The Hall–Kier alpha value is -2.49. The minimum absolute atomic E-state index is 0.141. The molecule has 0 amide bonds. The lowest BCUT2D eigenvalue weighted by atomic mass is 9.68. The highest BCUT2D eigenvalue weighted by atomic mass is 16.7. The first-order valence-electron chi connectivity index (χ1n) is 8.44. The maximum Gasteiger partial charge on any atom is 0.226 e. The molecule has 1 aliphatic carbocycles. The molecular formula is C19H18N2O4. The minimum atomic E-state index is -0.502. The molecule has 1 N–H and O–H groups in total. The Bertz CT molecular complexity index is 856. The minimum Gasteiger partial charge on any atom is -0.493 e. The van der Waals surface area contributed by atoms with Crippen LogP contribution in [-0.4, -0.2) is 36.0 Å². The summed E-state index contributed by atoms with van der Waals surface area (Å²) in [6.07, 6.45) is 6.19. The molecule has 4 atom stereocenters. The van der Waals surface area contributed by atoms with E-state index in [9.17, 15) is 5.11 Å². The zero-order valence-electron chi connectivity index (χ0n) is 13.8. The van der Waals surface area contributed by atoms with Gasteiger partial charge in [0.15, 0.2) is 11.5 Å². The van der Waals surface area contributed by atoms with E-state index in [4.69, 9.17) is 20.9 Å². The van der Waals surface area contributed by atoms with Gasteiger partial charge < -0.3 is 19.4 Å². The van der Waals surface area contributed by atoms with Gasteiger partial charge in [0, 0.05) is 18.5 Å². The van der Waals surface area contributed by atoms with Crippen LogP contribution in [0, 0.1) is 6.57 Å². The van der Waals surface area contributed by atoms with Crippen molar-refractivity contribution in [2.75, 3.05) is 13.7 Å². The van der Waals surface area contributed by atoms with E-state index in [0.717, 1.165) is 23.3 Å². The quantitative estimate of drug-likeness (QED) is 0.630. The number of ether oxygens (including phenoxy) is 2. The summed E-state index contributed by atoms with van der Waals surface area (Å²) in [6.45, 7) is 8.17. The van der Waals surface area contributed by atoms with Gasteiger partial charge in [-0.3, -0.25) is 0 Å². The number of benzene rings is 1. The Kier molecular flexibility index (Phi) is 2.97. The molecule has 0 saturated carbocycles. The molecule has 0 unspecified atom stereocenters. The second-order valence-electron chi connectivity index (χ2n) is 6.92. The van der Waals surface area contributed by atoms with Gasteiger partial charge in [-0.2, -0.15) is 0 Å². The zero-order valence-corrected chi connectivity index (χ0v) is 13.8. The summed E-state index contributed by atoms with van der Waals surface area (Å²) in [5.74, 6) is 1.43. The lowest BCUT2D eigenvalue weighted by Crippen LogP contribution is -2.42. The Morgan fingerprint density at radius 1 is 1.44 bits per heavy atom. The molecule has 0 saturated heterocycles. The molecule has 4 aliphatic rings. The number of hydroxylamine groups is 2. The highest BCUT2D eigenvalue weighted by Gasteiger charge is 2.55. The van der Waals surface area contributed by atoms with Crippen molar-refractivity contribution in [3.05, 3.63) is 58.8 Å². The highest BCUT2D eigenvalue weighted by Crippen LogP contribution is 2.58. The number of aliphatic hydroxyl groups excluding tert-OH is 1. The summed E-state index contributed by atoms with van der Waals surface area (Å²) in [7, 11) is 1.63. The molecule has 1 aromatic rings. The van der Waals surface area contributed by atoms with Crippen molar-refractivity contribution in [3.8, 4) is 11.5 Å². The molecule has 0 bridgehead atoms. The fraction of sp³-hybridized carbons (Fsp3) is 0.421. The predicted octanol–water partition coefficient (Wildman–Crippen LogP) is 2.47. The molecule has 0 aromatic heterocycles. The number of fused-ring (bicyclic) bond motifs is 2. The first-order chi connectivity index (χ1) is 12.2. The maximum absolute atomic E-state index is 10.1. The molecule has 6 heteroatoms. The van der Waals surface area contributed by atoms with Crippen LogP contribution >= 0.6 is 0 Å². The molecular weight excluding hydrogens is 320 g/mol. The zero-order chi connectivity index (χ0) is 17.2. The molecule has 128 valence electrons. The molecule has 1 spiro atoms. The van der Waals surface area contributed by atoms with Crippen LogP contribution in [0.5, 0.6) is 11.5 Å². The first kappa shape index (κ1) is 14.8. The van der Waals surface area contributed by atoms with E-state index in [0.29, 0.717) is 24.4 Å². The van der Waals surface area contributed by atoms with Crippen molar-refractivity contribution in [1.29, 1.82) is 0 Å². The van der Waals surface area contributed by atoms with Gasteiger partial charge >= 0.3 is 0 Å². The van der Waals surface area contributed by atoms with E-state index in [1.165, 1.54) is 0 Å². The molecule has 25 heavy (non-hydrogen) atoms. The standard InChI is InChI=1S/C19H18N2O4/c1-20-13-10-24-21-8-7-19-6-5-11(22)9-15(19)25-18-14(23-2)4-3-12(16(18)19)17(13)21/h3-6,10-11,15,17,22H,7-9H2,2H3/t11-,15-,17-,19-/m0/s1. The topological polar surface area (TPSA) is 55.5 Å². The van der Waals surface area contributed by atoms with Crippen molar-refractivity contribution in [2.45, 2.75) is 36.5 Å². The van der Waals surface area contributed by atoms with E-state index in [-0.39, 0.29) is 17.6 Å². The van der Waals surface area contributed by atoms with Crippen LogP contribution < -0.4 is 9.47 Å². The van der Waals surface area contributed by atoms with Gasteiger partial charge in [-0.05, 0) is 18.1 Å². The van der Waals surface area contributed by atoms with Crippen molar-refractivity contribution in [3.63, 3.8) is 0 Å². The third-order valence-corrected chi connectivity index (χ3v) is 5.79. The molecule has 3 heterocycles. The number of rotatable bonds is 1. The monoisotopic (exact) mass is 338 g/mol. The SMILES string of the molecule is [C-]#[N+]C1=CON2CC[C@@]34C=C[C@H](O)C[C@@H]3Oc3c(OC)ccc(c34)[C@@H]12. The Morgan fingerprint density at radius 2 is 2.32 bits per heavy atom. The average molecular weight is 338 g/mol. The van der Waals surface area contributed by atoms with E-state index < -0.39 is 6.10 Å². The van der Waals surface area contributed by atoms with Crippen LogP contribution in [0.1, 0.15) is 30.0 Å². The van der Waals surface area contributed by atoms with E-state index in [1.807, 2.05) is 23.3 Å². The summed E-state index contributed by atoms with van der Waals surface area (Å²) < 4.78 is 11.8. The Balaban J connectivity index is 1.78. The van der Waals surface area contributed by atoms with Crippen molar-refractivity contribution >= 4 is 0 Å². The summed E-state index contributed by atoms with van der Waals surface area (Å²) in [5, 5.41) is 12.0. The fourth-order valence-electron chi connectivity index (χ4n) is 4.65. The molecule has 6 nitrogen and oxygen atoms in total. The van der Waals surface area contributed by atoms with E-state index in [2.05, 4.69) is 10.9 Å². The van der Waals surface area contributed by atoms with Crippen molar-refractivity contribution in [2.24, 2.45) is 0 Å². The van der Waals surface area contributed by atoms with Gasteiger partial charge in [0.1, 0.15) is 18.4 Å². The Morgan fingerprint density at radius 3 is 3.12 bits per heavy atom. The lowest BCUT2D eigenvalue weighted by Gasteiger charge is -2.35. The summed E-state index contributed by atoms with van der Waals surface area (Å²) in [6, 6.07) is 3.68. The van der Waals surface area contributed by atoms with Gasteiger partial charge in [0.05, 0.1) is 25.2 Å². The van der Waals surface area contributed by atoms with Gasteiger partial charge in [0.2, 0.25) is 5.70 Å². The second kappa shape index (κ2) is 5.01. The van der Waals surface area contributed by atoms with Crippen LogP contribution in [0.4, 0.5) is 0 Å². The number of nitrogens with zero attached hydrogens (tertiary/aromatic N) is 2. The predicted molar refractivity (Wildman–Crippen MR) is 88.7 cm³/mol. The van der Waals surface area contributed by atoms with Crippen molar-refractivity contribution < 1.29 is 19.4 Å². The molecule has 0 fully saturated rings. The summed E-state index contributed by atoms with van der Waals surface area (Å²) in [5.41, 5.74) is 2.36. The number of hydrogen-bond acceptors (Lipinski definition) is 5. The van der Waals surface area contributed by atoms with Gasteiger partial charge in [-0.15, -0.1) is 5.06 Å². The first-order valence-corrected chi connectivity index (χ1v) is 8.44. The highest BCUT2D eigenvalue weighted by molar-refractivity contribution is 5.62. The lowest BCUT2D eigenvalue weighted by molar-refractivity contribution is -0.107. The normalized spacial score (nSPS) is 34.6. The number of methoxy groups -OCH3 is 1. The van der Waals surface area contributed by atoms with Gasteiger partial charge in [0.25, 0.3) is 0 Å². The summed E-state index contributed by atoms with van der Waals surface area (Å²) in [4.78, 5) is 9.33. The van der Waals surface area contributed by atoms with Crippen LogP contribution in [0.2, 0.25) is 0 Å². The van der Waals surface area contributed by atoms with Gasteiger partial charge in [-0.1, -0.05) is 18.2 Å². The third-order valence-electron chi connectivity index (χ3n) is 5.79. The largest absolute Gasteiger partial charge is 0.493 e. The smallest absolute Gasteiger partial charge is 0.226 e. The molecule has 0 radical (unpaired) electrons. The fourth-order valence-corrected chi connectivity index (χ4v) is 4.65.